The van der Waals surface area contributed by atoms with Crippen LogP contribution in [0.2, 0.25) is 0 Å². The van der Waals surface area contributed by atoms with Gasteiger partial charge in [-0.05, 0) is 44.4 Å². The third-order valence-corrected chi connectivity index (χ3v) is 3.59. The van der Waals surface area contributed by atoms with E-state index in [0.29, 0.717) is 6.54 Å². The van der Waals surface area contributed by atoms with E-state index in [9.17, 15) is 4.79 Å². The van der Waals surface area contributed by atoms with Gasteiger partial charge in [0.1, 0.15) is 0 Å². The van der Waals surface area contributed by atoms with E-state index in [1.165, 1.54) is 5.56 Å². The van der Waals surface area contributed by atoms with Gasteiger partial charge < -0.3 is 10.6 Å². The molecule has 3 heteroatoms. The zero-order valence-electron chi connectivity index (χ0n) is 13.3. The van der Waals surface area contributed by atoms with E-state index in [4.69, 9.17) is 0 Å². The van der Waals surface area contributed by atoms with Crippen LogP contribution in [0, 0.1) is 0 Å². The van der Waals surface area contributed by atoms with E-state index in [-0.39, 0.29) is 11.4 Å². The quantitative estimate of drug-likeness (QED) is 0.819. The van der Waals surface area contributed by atoms with E-state index in [1.54, 1.807) is 0 Å². The Morgan fingerprint density at radius 2 is 1.55 bits per heavy atom. The highest BCUT2D eigenvalue weighted by Gasteiger charge is 2.19. The molecule has 0 unspecified atom stereocenters. The van der Waals surface area contributed by atoms with Crippen LogP contribution in [0.4, 0.5) is 5.69 Å². The predicted molar refractivity (Wildman–Crippen MR) is 91.9 cm³/mol. The smallest absolute Gasteiger partial charge is 0.239 e. The van der Waals surface area contributed by atoms with Gasteiger partial charge >= 0.3 is 0 Å². The number of nitrogens with one attached hydrogen (secondary N) is 2. The van der Waals surface area contributed by atoms with Crippen LogP contribution in [0.1, 0.15) is 25.8 Å². The Bertz CT molecular complexity index is 579. The molecule has 2 N–H and O–H groups in total. The van der Waals surface area contributed by atoms with Crippen molar-refractivity contribution in [3.63, 3.8) is 0 Å². The number of hydrogen-bond acceptors (Lipinski definition) is 2. The fourth-order valence-corrected chi connectivity index (χ4v) is 2.32. The molecule has 0 saturated carbocycles. The second kappa shape index (κ2) is 7.64. The van der Waals surface area contributed by atoms with Crippen LogP contribution in [0.15, 0.2) is 60.7 Å². The first-order chi connectivity index (χ1) is 10.6. The molecule has 0 saturated heterocycles. The SMILES string of the molecule is CC(C)(CCc1ccccc1)NC(=O)CNc1ccccc1. The molecule has 0 aliphatic heterocycles. The number of para-hydroxylation sites is 1. The van der Waals surface area contributed by atoms with Gasteiger partial charge in [-0.2, -0.15) is 0 Å². The van der Waals surface area contributed by atoms with Crippen molar-refractivity contribution in [1.82, 2.24) is 5.32 Å². The molecule has 116 valence electrons. The Labute approximate surface area is 132 Å². The molecule has 0 spiro atoms. The maximum absolute atomic E-state index is 12.1. The van der Waals surface area contributed by atoms with Gasteiger partial charge in [-0.15, -0.1) is 0 Å². The van der Waals surface area contributed by atoms with E-state index < -0.39 is 0 Å². The van der Waals surface area contributed by atoms with Gasteiger partial charge in [0.15, 0.2) is 0 Å². The first-order valence-corrected chi connectivity index (χ1v) is 7.69. The van der Waals surface area contributed by atoms with Gasteiger partial charge in [-0.25, -0.2) is 0 Å². The molecule has 3 nitrogen and oxygen atoms in total. The molecule has 0 radical (unpaired) electrons. The van der Waals surface area contributed by atoms with E-state index in [0.717, 1.165) is 18.5 Å². The van der Waals surface area contributed by atoms with Gasteiger partial charge in [-0.3, -0.25) is 4.79 Å². The fourth-order valence-electron chi connectivity index (χ4n) is 2.32. The van der Waals surface area contributed by atoms with Crippen LogP contribution in [0.5, 0.6) is 0 Å². The molecule has 0 bridgehead atoms. The van der Waals surface area contributed by atoms with Gasteiger partial charge in [0, 0.05) is 11.2 Å². The summed E-state index contributed by atoms with van der Waals surface area (Å²) in [6.45, 7) is 4.42. The molecule has 0 fully saturated rings. The molecule has 0 aliphatic rings. The topological polar surface area (TPSA) is 41.1 Å². The lowest BCUT2D eigenvalue weighted by Gasteiger charge is -2.26. The maximum atomic E-state index is 12.1. The number of carbonyl (C=O) groups is 1. The Morgan fingerprint density at radius 1 is 0.955 bits per heavy atom. The van der Waals surface area contributed by atoms with Crippen molar-refractivity contribution < 1.29 is 4.79 Å². The van der Waals surface area contributed by atoms with Crippen molar-refractivity contribution in [2.24, 2.45) is 0 Å². The summed E-state index contributed by atoms with van der Waals surface area (Å²) in [7, 11) is 0. The molecule has 2 aromatic carbocycles. The number of aryl methyl sites for hydroxylation is 1. The van der Waals surface area contributed by atoms with Crippen LogP contribution in [-0.2, 0) is 11.2 Å². The summed E-state index contributed by atoms with van der Waals surface area (Å²) in [4.78, 5) is 12.1. The molecule has 22 heavy (non-hydrogen) atoms. The van der Waals surface area contributed by atoms with Gasteiger partial charge in [-0.1, -0.05) is 48.5 Å². The predicted octanol–water partition coefficient (Wildman–Crippen LogP) is 3.63. The number of benzene rings is 2. The summed E-state index contributed by atoms with van der Waals surface area (Å²) in [6, 6.07) is 20.1. The standard InChI is InChI=1S/C19H24N2O/c1-19(2,14-13-16-9-5-3-6-10-16)21-18(22)15-20-17-11-7-4-8-12-17/h3-12,20H,13-15H2,1-2H3,(H,21,22). The van der Waals surface area contributed by atoms with Gasteiger partial charge in [0.05, 0.1) is 6.54 Å². The molecule has 0 aromatic heterocycles. The van der Waals surface area contributed by atoms with Crippen LogP contribution in [0.3, 0.4) is 0 Å². The highest BCUT2D eigenvalue weighted by Crippen LogP contribution is 2.13. The first kappa shape index (κ1) is 16.1. The third kappa shape index (κ3) is 5.60. The summed E-state index contributed by atoms with van der Waals surface area (Å²) in [5.74, 6) is 0.0157. The average molecular weight is 296 g/mol. The van der Waals surface area contributed by atoms with Crippen LogP contribution >= 0.6 is 0 Å². The van der Waals surface area contributed by atoms with Crippen molar-refractivity contribution in [3.05, 3.63) is 66.2 Å². The van der Waals surface area contributed by atoms with Crippen molar-refractivity contribution in [3.8, 4) is 0 Å². The molecule has 0 atom stereocenters. The van der Waals surface area contributed by atoms with Crippen LogP contribution in [-0.4, -0.2) is 18.0 Å². The number of hydrogen-bond donors (Lipinski definition) is 2. The molecule has 1 amide bonds. The lowest BCUT2D eigenvalue weighted by molar-refractivity contribution is -0.121. The van der Waals surface area contributed by atoms with Crippen molar-refractivity contribution in [2.75, 3.05) is 11.9 Å². The average Bonchev–Trinajstić information content (AvgIpc) is 2.53. The van der Waals surface area contributed by atoms with Crippen molar-refractivity contribution in [2.45, 2.75) is 32.2 Å². The summed E-state index contributed by atoms with van der Waals surface area (Å²) in [5, 5.41) is 6.22. The fraction of sp³-hybridized carbons (Fsp3) is 0.316. The van der Waals surface area contributed by atoms with Crippen molar-refractivity contribution >= 4 is 11.6 Å². The Balaban J connectivity index is 1.76. The lowest BCUT2D eigenvalue weighted by Crippen LogP contribution is -2.46. The van der Waals surface area contributed by atoms with Crippen LogP contribution in [0.25, 0.3) is 0 Å². The van der Waals surface area contributed by atoms with Gasteiger partial charge in [0.2, 0.25) is 5.91 Å². The Morgan fingerprint density at radius 3 is 2.18 bits per heavy atom. The lowest BCUT2D eigenvalue weighted by atomic mass is 9.95. The first-order valence-electron chi connectivity index (χ1n) is 7.69. The van der Waals surface area contributed by atoms with Crippen LogP contribution < -0.4 is 10.6 Å². The van der Waals surface area contributed by atoms with E-state index in [2.05, 4.69) is 36.6 Å². The Kier molecular flexibility index (Phi) is 5.59. The van der Waals surface area contributed by atoms with Crippen molar-refractivity contribution in [1.29, 1.82) is 0 Å². The minimum Gasteiger partial charge on any atom is -0.376 e. The molecule has 2 aromatic rings. The zero-order chi connectivity index (χ0) is 15.8. The van der Waals surface area contributed by atoms with E-state index >= 15 is 0 Å². The maximum Gasteiger partial charge on any atom is 0.239 e. The summed E-state index contributed by atoms with van der Waals surface area (Å²) in [5.41, 5.74) is 2.04. The number of rotatable bonds is 7. The normalized spacial score (nSPS) is 11.0. The minimum absolute atomic E-state index is 0.0157. The highest BCUT2D eigenvalue weighted by molar-refractivity contribution is 5.81. The second-order valence-electron chi connectivity index (χ2n) is 6.14. The molecular weight excluding hydrogens is 272 g/mol. The minimum atomic E-state index is -0.217. The summed E-state index contributed by atoms with van der Waals surface area (Å²) < 4.78 is 0. The molecular formula is C19H24N2O. The zero-order valence-corrected chi connectivity index (χ0v) is 13.3. The monoisotopic (exact) mass is 296 g/mol. The number of carbonyl (C=O) groups excluding carboxylic acids is 1. The van der Waals surface area contributed by atoms with E-state index in [1.807, 2.05) is 48.5 Å². The molecule has 2 rings (SSSR count). The largest absolute Gasteiger partial charge is 0.376 e. The highest BCUT2D eigenvalue weighted by atomic mass is 16.2. The molecule has 0 aliphatic carbocycles. The Hall–Kier alpha value is -2.29. The second-order valence-corrected chi connectivity index (χ2v) is 6.14. The third-order valence-electron chi connectivity index (χ3n) is 3.59. The molecule has 0 heterocycles. The summed E-state index contributed by atoms with van der Waals surface area (Å²) in [6.07, 6.45) is 1.87. The number of amides is 1. The van der Waals surface area contributed by atoms with Gasteiger partial charge in [0.25, 0.3) is 0 Å². The summed E-state index contributed by atoms with van der Waals surface area (Å²) >= 11 is 0. The number of anilines is 1.